The van der Waals surface area contributed by atoms with Crippen molar-refractivity contribution in [1.82, 2.24) is 0 Å². The molecule has 0 heterocycles. The summed E-state index contributed by atoms with van der Waals surface area (Å²) >= 11 is 0. The van der Waals surface area contributed by atoms with E-state index in [1.54, 1.807) is 0 Å². The summed E-state index contributed by atoms with van der Waals surface area (Å²) in [5.41, 5.74) is 2.49. The molecule has 0 aromatic heterocycles. The predicted octanol–water partition coefficient (Wildman–Crippen LogP) is -0.303. The van der Waals surface area contributed by atoms with Crippen LogP contribution in [0.15, 0.2) is 0 Å². The van der Waals surface area contributed by atoms with Gasteiger partial charge < -0.3 is 4.43 Å². The molecule has 0 bridgehead atoms. The van der Waals surface area contributed by atoms with Crippen LogP contribution in [0.25, 0.3) is 0 Å². The summed E-state index contributed by atoms with van der Waals surface area (Å²) in [4.78, 5) is 0. The molecule has 0 aromatic rings. The Kier molecular flexibility index (Phi) is 4.53. The molecule has 0 amide bonds. The van der Waals surface area contributed by atoms with Crippen molar-refractivity contribution in [2.24, 2.45) is 0 Å². The molecule has 0 fully saturated rings. The fourth-order valence-electron chi connectivity index (χ4n) is 0.161. The zero-order valence-corrected chi connectivity index (χ0v) is 5.31. The highest BCUT2D eigenvalue weighted by atomic mass is 28.2. The Morgan fingerprint density at radius 3 is 2.83 bits per heavy atom. The van der Waals surface area contributed by atoms with Crippen molar-refractivity contribution >= 4 is 9.76 Å². The molecule has 0 saturated carbocycles. The molecule has 0 aliphatic heterocycles. The maximum absolute atomic E-state index is 4.90. The van der Waals surface area contributed by atoms with Crippen LogP contribution in [0.4, 0.5) is 0 Å². The molecular formula is C4H8OSi. The predicted molar refractivity (Wildman–Crippen MR) is 29.0 cm³/mol. The Balaban J connectivity index is 2.54. The Bertz CT molecular complexity index is 55.1. The van der Waals surface area contributed by atoms with Crippen LogP contribution in [0.2, 0.25) is 0 Å². The second kappa shape index (κ2) is 4.74. The fourth-order valence-corrected chi connectivity index (χ4v) is 0.483. The zero-order chi connectivity index (χ0) is 4.83. The number of hydrogen-bond acceptors (Lipinski definition) is 1. The van der Waals surface area contributed by atoms with Crippen molar-refractivity contribution in [1.29, 1.82) is 0 Å². The molecule has 0 unspecified atom stereocenters. The van der Waals surface area contributed by atoms with E-state index in [1.807, 2.05) is 6.92 Å². The molecule has 0 aliphatic carbocycles. The molecule has 0 aromatic carbocycles. The molecule has 0 aliphatic rings. The van der Waals surface area contributed by atoms with Crippen LogP contribution in [-0.4, -0.2) is 16.4 Å². The van der Waals surface area contributed by atoms with Gasteiger partial charge in [-0.3, -0.25) is 0 Å². The monoisotopic (exact) mass is 100 g/mol. The minimum atomic E-state index is -0.551. The zero-order valence-electron chi connectivity index (χ0n) is 3.90. The van der Waals surface area contributed by atoms with E-state index in [4.69, 9.17) is 10.8 Å². The number of hydrogen-bond donors (Lipinski definition) is 0. The first-order chi connectivity index (χ1) is 2.91. The van der Waals surface area contributed by atoms with E-state index in [9.17, 15) is 0 Å². The highest BCUT2D eigenvalue weighted by Crippen LogP contribution is 1.61. The van der Waals surface area contributed by atoms with Gasteiger partial charge in [-0.05, 0) is 6.92 Å². The smallest absolute Gasteiger partial charge is 0.240 e. The molecular weight excluding hydrogens is 92.1 g/mol. The van der Waals surface area contributed by atoms with Crippen molar-refractivity contribution in [2.75, 3.05) is 6.61 Å². The number of rotatable bonds is 2. The normalized spacial score (nSPS) is 9.33. The Hall–Kier alpha value is -0.263. The van der Waals surface area contributed by atoms with Crippen LogP contribution in [0.5, 0.6) is 0 Å². The first-order valence-corrected chi connectivity index (χ1v) is 3.21. The van der Waals surface area contributed by atoms with Crippen molar-refractivity contribution in [3.63, 3.8) is 0 Å². The average molecular weight is 100 g/mol. The SMILES string of the molecule is C#C[SiH2]OCC. The lowest BCUT2D eigenvalue weighted by molar-refractivity contribution is 0.368. The number of terminal acetylenes is 1. The average Bonchev–Trinajstić information content (AvgIpc) is 1.61. The van der Waals surface area contributed by atoms with E-state index >= 15 is 0 Å². The van der Waals surface area contributed by atoms with Gasteiger partial charge >= 0.3 is 0 Å². The van der Waals surface area contributed by atoms with E-state index < -0.39 is 9.76 Å². The minimum Gasteiger partial charge on any atom is -0.411 e. The van der Waals surface area contributed by atoms with Gasteiger partial charge in [0.15, 0.2) is 0 Å². The van der Waals surface area contributed by atoms with E-state index in [0.717, 1.165) is 6.61 Å². The summed E-state index contributed by atoms with van der Waals surface area (Å²) < 4.78 is 4.89. The third-order valence-electron chi connectivity index (χ3n) is 0.390. The molecule has 0 spiro atoms. The molecule has 0 atom stereocenters. The summed E-state index contributed by atoms with van der Waals surface area (Å²) in [5.74, 6) is 0. The van der Waals surface area contributed by atoms with E-state index in [1.165, 1.54) is 0 Å². The quantitative estimate of drug-likeness (QED) is 0.263. The van der Waals surface area contributed by atoms with Crippen LogP contribution in [-0.2, 0) is 4.43 Å². The van der Waals surface area contributed by atoms with Crippen molar-refractivity contribution in [3.05, 3.63) is 0 Å². The van der Waals surface area contributed by atoms with E-state index in [-0.39, 0.29) is 0 Å². The maximum Gasteiger partial charge on any atom is 0.240 e. The summed E-state index contributed by atoms with van der Waals surface area (Å²) in [7, 11) is -0.551. The lowest BCUT2D eigenvalue weighted by atomic mass is 10.9. The van der Waals surface area contributed by atoms with Crippen molar-refractivity contribution < 1.29 is 4.43 Å². The van der Waals surface area contributed by atoms with Crippen LogP contribution in [0, 0.1) is 12.0 Å². The van der Waals surface area contributed by atoms with Gasteiger partial charge in [-0.1, -0.05) is 0 Å². The summed E-state index contributed by atoms with van der Waals surface area (Å²) in [6, 6.07) is 0. The third-order valence-corrected chi connectivity index (χ3v) is 1.17. The fraction of sp³-hybridized carbons (Fsp3) is 0.500. The van der Waals surface area contributed by atoms with Gasteiger partial charge in [-0.15, -0.1) is 12.0 Å². The second-order valence-corrected chi connectivity index (χ2v) is 1.95. The van der Waals surface area contributed by atoms with Crippen LogP contribution >= 0.6 is 0 Å². The van der Waals surface area contributed by atoms with Gasteiger partial charge in [0, 0.05) is 6.61 Å². The van der Waals surface area contributed by atoms with Crippen molar-refractivity contribution in [2.45, 2.75) is 6.92 Å². The van der Waals surface area contributed by atoms with Gasteiger partial charge in [0.2, 0.25) is 9.76 Å². The lowest BCUT2D eigenvalue weighted by Gasteiger charge is -1.85. The Morgan fingerprint density at radius 1 is 2.00 bits per heavy atom. The molecule has 0 radical (unpaired) electrons. The molecule has 0 N–H and O–H groups in total. The molecule has 1 nitrogen and oxygen atoms in total. The summed E-state index contributed by atoms with van der Waals surface area (Å²) in [6.45, 7) is 2.72. The minimum absolute atomic E-state index is 0.551. The van der Waals surface area contributed by atoms with Crippen molar-refractivity contribution in [3.8, 4) is 12.0 Å². The van der Waals surface area contributed by atoms with Gasteiger partial charge in [0.25, 0.3) is 0 Å². The maximum atomic E-state index is 4.90. The lowest BCUT2D eigenvalue weighted by Crippen LogP contribution is -1.92. The third kappa shape index (κ3) is 3.74. The van der Waals surface area contributed by atoms with Gasteiger partial charge in [-0.2, -0.15) is 0 Å². The van der Waals surface area contributed by atoms with Crippen LogP contribution in [0.1, 0.15) is 6.92 Å². The molecule has 6 heavy (non-hydrogen) atoms. The first-order valence-electron chi connectivity index (χ1n) is 1.93. The first kappa shape index (κ1) is 5.74. The van der Waals surface area contributed by atoms with E-state index in [0.29, 0.717) is 0 Å². The molecule has 2 heteroatoms. The van der Waals surface area contributed by atoms with Gasteiger partial charge in [0.05, 0.1) is 0 Å². The molecule has 0 saturated heterocycles. The second-order valence-electron chi connectivity index (χ2n) is 0.841. The standard InChI is InChI=1S/C4H8OSi/c1-3-5-6-4-2/h2H,3,6H2,1H3. The highest BCUT2D eigenvalue weighted by molar-refractivity contribution is 6.38. The molecule has 0 rings (SSSR count). The largest absolute Gasteiger partial charge is 0.411 e. The van der Waals surface area contributed by atoms with E-state index in [2.05, 4.69) is 5.54 Å². The highest BCUT2D eigenvalue weighted by Gasteiger charge is 1.70. The summed E-state index contributed by atoms with van der Waals surface area (Å²) in [5, 5.41) is 0. The van der Waals surface area contributed by atoms with Crippen LogP contribution < -0.4 is 0 Å². The van der Waals surface area contributed by atoms with Crippen LogP contribution in [0.3, 0.4) is 0 Å². The summed E-state index contributed by atoms with van der Waals surface area (Å²) in [6.07, 6.45) is 4.90. The molecule has 34 valence electrons. The van der Waals surface area contributed by atoms with Gasteiger partial charge in [-0.25, -0.2) is 0 Å². The van der Waals surface area contributed by atoms with Gasteiger partial charge in [0.1, 0.15) is 0 Å². The Labute approximate surface area is 40.6 Å². The topological polar surface area (TPSA) is 9.23 Å². The Morgan fingerprint density at radius 2 is 2.67 bits per heavy atom.